The Morgan fingerprint density at radius 1 is 0.842 bits per heavy atom. The van der Waals surface area contributed by atoms with Crippen molar-refractivity contribution in [2.75, 3.05) is 33.2 Å². The molecule has 5 rings (SSSR count). The molecule has 3 aromatic carbocycles. The molecule has 0 bridgehead atoms. The molecular formula is C31H33FN2O4. The van der Waals surface area contributed by atoms with Crippen LogP contribution in [0.25, 0.3) is 0 Å². The van der Waals surface area contributed by atoms with Gasteiger partial charge in [0.15, 0.2) is 11.6 Å². The van der Waals surface area contributed by atoms with E-state index in [0.29, 0.717) is 35.3 Å². The van der Waals surface area contributed by atoms with Gasteiger partial charge in [0.1, 0.15) is 17.3 Å². The van der Waals surface area contributed by atoms with E-state index >= 15 is 0 Å². The Labute approximate surface area is 222 Å². The number of rotatable bonds is 6. The largest absolute Gasteiger partial charge is 0.508 e. The lowest BCUT2D eigenvalue weighted by atomic mass is 9.67. The summed E-state index contributed by atoms with van der Waals surface area (Å²) in [5, 5.41) is 20.2. The fraction of sp³-hybridized carbons (Fsp3) is 0.355. The number of hydrogen-bond acceptors (Lipinski definition) is 6. The number of nitrogens with zero attached hydrogens (tertiary/aromatic N) is 2. The molecule has 0 saturated carbocycles. The van der Waals surface area contributed by atoms with Crippen LogP contribution in [0.4, 0.5) is 4.39 Å². The van der Waals surface area contributed by atoms with E-state index in [1.807, 2.05) is 6.07 Å². The number of phenolic OH excluding ortho intramolecular Hbond substituents is 2. The first kappa shape index (κ1) is 26.1. The van der Waals surface area contributed by atoms with Crippen molar-refractivity contribution in [2.24, 2.45) is 11.8 Å². The molecule has 198 valence electrons. The third-order valence-electron chi connectivity index (χ3n) is 8.22. The molecule has 3 aromatic rings. The van der Waals surface area contributed by atoms with Crippen LogP contribution in [0.2, 0.25) is 0 Å². The van der Waals surface area contributed by atoms with E-state index in [-0.39, 0.29) is 34.9 Å². The van der Waals surface area contributed by atoms with Gasteiger partial charge < -0.3 is 15.1 Å². The minimum Gasteiger partial charge on any atom is -0.508 e. The monoisotopic (exact) mass is 516 g/mol. The maximum Gasteiger partial charge on any atom is 0.167 e. The standard InChI is InChI=1S/C31H33FN2O4/c1-19-25(10-5-11-28(19)32)29-26(30(37)20-6-3-8-23(35)14-20)17-34(22-12-13-33(2)16-22)18-27(29)31(38)21-7-4-9-24(36)15-21/h3-11,14-15,22,26-27,29,35-36H,12-13,16-18H2,1-2H3/t22?,26-,27+,29+. The SMILES string of the molecule is Cc1c(F)cccc1[C@@H]1[C@@H](C(=O)c2cccc(O)c2)CN(C2CCN(C)C2)C[C@H]1C(=O)c1cccc(O)c1. The molecule has 0 aromatic heterocycles. The second kappa shape index (κ2) is 10.7. The average molecular weight is 517 g/mol. The summed E-state index contributed by atoms with van der Waals surface area (Å²) >= 11 is 0. The maximum absolute atomic E-state index is 14.9. The molecule has 2 aliphatic heterocycles. The number of phenols is 2. The van der Waals surface area contributed by atoms with E-state index in [2.05, 4.69) is 16.8 Å². The summed E-state index contributed by atoms with van der Waals surface area (Å²) in [7, 11) is 2.06. The minimum absolute atomic E-state index is 0.00759. The first-order chi connectivity index (χ1) is 18.2. The number of carbonyl (C=O) groups is 2. The Morgan fingerprint density at radius 2 is 1.39 bits per heavy atom. The van der Waals surface area contributed by atoms with Crippen LogP contribution in [0.5, 0.6) is 11.5 Å². The van der Waals surface area contributed by atoms with Crippen LogP contribution in [0.15, 0.2) is 66.7 Å². The fourth-order valence-electron chi connectivity index (χ4n) is 6.25. The van der Waals surface area contributed by atoms with Crippen LogP contribution in [-0.4, -0.2) is 70.8 Å². The summed E-state index contributed by atoms with van der Waals surface area (Å²) in [5.74, 6) is -2.61. The molecule has 0 spiro atoms. The lowest BCUT2D eigenvalue weighted by Crippen LogP contribution is -2.54. The van der Waals surface area contributed by atoms with Crippen LogP contribution < -0.4 is 0 Å². The van der Waals surface area contributed by atoms with Crippen molar-refractivity contribution in [3.63, 3.8) is 0 Å². The van der Waals surface area contributed by atoms with Gasteiger partial charge in [-0.3, -0.25) is 14.5 Å². The van der Waals surface area contributed by atoms with E-state index < -0.39 is 17.8 Å². The third kappa shape index (κ3) is 5.08. The Morgan fingerprint density at radius 3 is 1.89 bits per heavy atom. The summed E-state index contributed by atoms with van der Waals surface area (Å²) < 4.78 is 14.9. The van der Waals surface area contributed by atoms with Crippen LogP contribution in [0, 0.1) is 24.6 Å². The predicted molar refractivity (Wildman–Crippen MR) is 143 cm³/mol. The highest BCUT2D eigenvalue weighted by Crippen LogP contribution is 2.43. The number of Topliss-reactive ketones (excluding diaryl/α,β-unsaturated/α-hetero) is 2. The molecule has 2 fully saturated rings. The topological polar surface area (TPSA) is 81.1 Å². The molecule has 0 amide bonds. The highest BCUT2D eigenvalue weighted by atomic mass is 19.1. The zero-order valence-corrected chi connectivity index (χ0v) is 21.7. The van der Waals surface area contributed by atoms with Gasteiger partial charge in [-0.05, 0) is 68.4 Å². The molecule has 7 heteroatoms. The highest BCUT2D eigenvalue weighted by Gasteiger charge is 2.47. The smallest absolute Gasteiger partial charge is 0.167 e. The quantitative estimate of drug-likeness (QED) is 0.465. The summed E-state index contributed by atoms with van der Waals surface area (Å²) in [5.41, 5.74) is 1.80. The molecule has 38 heavy (non-hydrogen) atoms. The van der Waals surface area contributed by atoms with Crippen molar-refractivity contribution in [3.8, 4) is 11.5 Å². The molecule has 0 aliphatic carbocycles. The van der Waals surface area contributed by atoms with Crippen molar-refractivity contribution in [3.05, 3.63) is 94.8 Å². The molecule has 2 saturated heterocycles. The van der Waals surface area contributed by atoms with Gasteiger partial charge in [0.2, 0.25) is 0 Å². The number of hydrogen-bond donors (Lipinski definition) is 2. The molecule has 6 nitrogen and oxygen atoms in total. The molecule has 1 unspecified atom stereocenters. The van der Waals surface area contributed by atoms with E-state index in [0.717, 1.165) is 19.5 Å². The van der Waals surface area contributed by atoms with Crippen LogP contribution in [0.1, 0.15) is 44.2 Å². The highest BCUT2D eigenvalue weighted by molar-refractivity contribution is 6.02. The van der Waals surface area contributed by atoms with E-state index in [1.54, 1.807) is 37.3 Å². The van der Waals surface area contributed by atoms with Crippen molar-refractivity contribution in [1.29, 1.82) is 0 Å². The first-order valence-corrected chi connectivity index (χ1v) is 13.1. The Bertz CT molecular complexity index is 1290. The summed E-state index contributed by atoms with van der Waals surface area (Å²) in [4.78, 5) is 32.7. The molecule has 2 aliphatic rings. The molecule has 2 N–H and O–H groups in total. The number of aromatic hydroxyl groups is 2. The molecule has 4 atom stereocenters. The van der Waals surface area contributed by atoms with Gasteiger partial charge in [0, 0.05) is 54.6 Å². The number of carbonyl (C=O) groups excluding carboxylic acids is 2. The lowest BCUT2D eigenvalue weighted by Gasteiger charge is -2.45. The van der Waals surface area contributed by atoms with Crippen molar-refractivity contribution >= 4 is 11.6 Å². The van der Waals surface area contributed by atoms with E-state index in [9.17, 15) is 24.2 Å². The molecule has 2 heterocycles. The average Bonchev–Trinajstić information content (AvgIpc) is 3.35. The van der Waals surface area contributed by atoms with E-state index in [1.165, 1.54) is 30.3 Å². The second-order valence-corrected chi connectivity index (χ2v) is 10.7. The van der Waals surface area contributed by atoms with Crippen molar-refractivity contribution < 1.29 is 24.2 Å². The third-order valence-corrected chi connectivity index (χ3v) is 8.22. The van der Waals surface area contributed by atoms with Gasteiger partial charge in [-0.25, -0.2) is 4.39 Å². The van der Waals surface area contributed by atoms with Gasteiger partial charge in [-0.15, -0.1) is 0 Å². The Kier molecular flexibility index (Phi) is 7.32. The lowest BCUT2D eigenvalue weighted by molar-refractivity contribution is 0.0465. The number of likely N-dealkylation sites (N-methyl/N-ethyl adjacent to an activating group) is 1. The van der Waals surface area contributed by atoms with Gasteiger partial charge in [-0.2, -0.15) is 0 Å². The first-order valence-electron chi connectivity index (χ1n) is 13.1. The summed E-state index contributed by atoms with van der Waals surface area (Å²) in [6.45, 7) is 4.32. The predicted octanol–water partition coefficient (Wildman–Crippen LogP) is 4.65. The Hall–Kier alpha value is -3.55. The second-order valence-electron chi connectivity index (χ2n) is 10.7. The van der Waals surface area contributed by atoms with E-state index in [4.69, 9.17) is 0 Å². The normalized spacial score (nSPS) is 24.4. The van der Waals surface area contributed by atoms with Gasteiger partial charge in [-0.1, -0.05) is 36.4 Å². The van der Waals surface area contributed by atoms with Crippen LogP contribution >= 0.6 is 0 Å². The fourth-order valence-corrected chi connectivity index (χ4v) is 6.25. The molecular weight excluding hydrogens is 483 g/mol. The van der Waals surface area contributed by atoms with Gasteiger partial charge in [0.25, 0.3) is 0 Å². The van der Waals surface area contributed by atoms with Gasteiger partial charge in [0.05, 0.1) is 0 Å². The number of benzene rings is 3. The van der Waals surface area contributed by atoms with Crippen LogP contribution in [-0.2, 0) is 0 Å². The number of halogens is 1. The van der Waals surface area contributed by atoms with Gasteiger partial charge >= 0.3 is 0 Å². The van der Waals surface area contributed by atoms with Crippen LogP contribution in [0.3, 0.4) is 0 Å². The molecule has 0 radical (unpaired) electrons. The zero-order chi connectivity index (χ0) is 27.0. The summed E-state index contributed by atoms with van der Waals surface area (Å²) in [6, 6.07) is 17.6. The minimum atomic E-state index is -0.636. The zero-order valence-electron chi connectivity index (χ0n) is 21.7. The summed E-state index contributed by atoms with van der Waals surface area (Å²) in [6.07, 6.45) is 0.931. The Balaban J connectivity index is 1.65. The maximum atomic E-state index is 14.9. The van der Waals surface area contributed by atoms with Crippen molar-refractivity contribution in [2.45, 2.75) is 25.3 Å². The number of likely N-dealkylation sites (tertiary alicyclic amines) is 2. The number of ketones is 2. The number of piperidine rings is 1. The van der Waals surface area contributed by atoms with Crippen molar-refractivity contribution in [1.82, 2.24) is 9.80 Å².